The Balaban J connectivity index is 2.09. The maximum atomic E-state index is 11.8. The molecule has 0 aromatic heterocycles. The lowest BCUT2D eigenvalue weighted by Gasteiger charge is -2.07. The average molecular weight is 278 g/mol. The number of aliphatic hydroxyl groups is 1. The summed E-state index contributed by atoms with van der Waals surface area (Å²) in [5.41, 5.74) is 1.37. The Morgan fingerprint density at radius 1 is 1.47 bits per heavy atom. The van der Waals surface area contributed by atoms with Crippen molar-refractivity contribution in [3.63, 3.8) is 0 Å². The monoisotopic (exact) mass is 277 g/mol. The number of rotatable bonds is 4. The minimum Gasteiger partial charge on any atom is -0.395 e. The molecule has 0 atom stereocenters. The van der Waals surface area contributed by atoms with Gasteiger partial charge in [0.1, 0.15) is 0 Å². The van der Waals surface area contributed by atoms with E-state index < -0.39 is 0 Å². The van der Waals surface area contributed by atoms with Crippen LogP contribution in [0.4, 0.5) is 5.69 Å². The predicted molar refractivity (Wildman–Crippen MR) is 76.0 cm³/mol. The molecule has 0 bridgehead atoms. The molecule has 2 N–H and O–H groups in total. The van der Waals surface area contributed by atoms with Gasteiger partial charge in [0.2, 0.25) is 5.91 Å². The van der Waals surface area contributed by atoms with Crippen LogP contribution in [0.25, 0.3) is 0 Å². The van der Waals surface area contributed by atoms with Crippen LogP contribution in [0.2, 0.25) is 5.02 Å². The summed E-state index contributed by atoms with van der Waals surface area (Å²) in [7, 11) is 0. The molecule has 1 saturated carbocycles. The summed E-state index contributed by atoms with van der Waals surface area (Å²) in [6.07, 6.45) is 3.28. The minimum absolute atomic E-state index is 0.0232. The highest BCUT2D eigenvalue weighted by Gasteiger charge is 2.24. The summed E-state index contributed by atoms with van der Waals surface area (Å²) in [6.45, 7) is 0.0247. The van der Waals surface area contributed by atoms with E-state index in [1.54, 1.807) is 18.2 Å². The van der Waals surface area contributed by atoms with E-state index in [9.17, 15) is 4.79 Å². The summed E-state index contributed by atoms with van der Waals surface area (Å²) in [4.78, 5) is 11.8. The van der Waals surface area contributed by atoms with Crippen molar-refractivity contribution in [1.29, 1.82) is 0 Å². The Morgan fingerprint density at radius 2 is 2.26 bits per heavy atom. The van der Waals surface area contributed by atoms with Crippen LogP contribution in [0.3, 0.4) is 0 Å². The number of carbonyl (C=O) groups is 1. The first-order valence-electron chi connectivity index (χ1n) is 6.38. The van der Waals surface area contributed by atoms with E-state index in [0.29, 0.717) is 35.0 Å². The fourth-order valence-electron chi connectivity index (χ4n) is 1.73. The van der Waals surface area contributed by atoms with E-state index in [4.69, 9.17) is 16.7 Å². The number of aliphatic hydroxyl groups excluding tert-OH is 1. The van der Waals surface area contributed by atoms with Gasteiger partial charge in [0.25, 0.3) is 0 Å². The molecule has 0 unspecified atom stereocenters. The second kappa shape index (κ2) is 6.60. The third-order valence-corrected chi connectivity index (χ3v) is 3.12. The van der Waals surface area contributed by atoms with Gasteiger partial charge in [-0.3, -0.25) is 4.79 Å². The van der Waals surface area contributed by atoms with Gasteiger partial charge in [-0.05, 0) is 37.0 Å². The van der Waals surface area contributed by atoms with Gasteiger partial charge >= 0.3 is 0 Å². The van der Waals surface area contributed by atoms with E-state index in [1.807, 2.05) is 0 Å². The van der Waals surface area contributed by atoms with E-state index in [2.05, 4.69) is 17.2 Å². The Morgan fingerprint density at radius 3 is 2.95 bits per heavy atom. The molecular weight excluding hydrogens is 262 g/mol. The SMILES string of the molecule is O=C(CC1CC1)Nc1ccc(Cl)cc1C#CCCO. The third kappa shape index (κ3) is 4.59. The normalized spacial score (nSPS) is 13.6. The first-order chi connectivity index (χ1) is 9.19. The van der Waals surface area contributed by atoms with Crippen LogP contribution in [0, 0.1) is 17.8 Å². The standard InChI is InChI=1S/C15H16ClNO2/c16-13-6-7-14(12(10-13)3-1-2-8-18)17-15(19)9-11-4-5-11/h6-7,10-11,18H,2,4-5,8-9H2,(H,17,19). The molecular formula is C15H16ClNO2. The molecule has 0 heterocycles. The van der Waals surface area contributed by atoms with Crippen LogP contribution in [0.15, 0.2) is 18.2 Å². The summed E-state index contributed by atoms with van der Waals surface area (Å²) < 4.78 is 0. The highest BCUT2D eigenvalue weighted by Crippen LogP contribution is 2.32. The molecule has 1 aromatic rings. The van der Waals surface area contributed by atoms with Gasteiger partial charge in [-0.1, -0.05) is 23.4 Å². The molecule has 3 nitrogen and oxygen atoms in total. The predicted octanol–water partition coefficient (Wildman–Crippen LogP) is 2.81. The van der Waals surface area contributed by atoms with Crippen LogP contribution in [-0.4, -0.2) is 17.6 Å². The van der Waals surface area contributed by atoms with Crippen LogP contribution < -0.4 is 5.32 Å². The van der Waals surface area contributed by atoms with Crippen molar-refractivity contribution in [3.8, 4) is 11.8 Å². The maximum absolute atomic E-state index is 11.8. The summed E-state index contributed by atoms with van der Waals surface area (Å²) in [5, 5.41) is 12.2. The fraction of sp³-hybridized carbons (Fsp3) is 0.400. The number of amides is 1. The Kier molecular flexibility index (Phi) is 4.84. The lowest BCUT2D eigenvalue weighted by Crippen LogP contribution is -2.12. The van der Waals surface area contributed by atoms with E-state index >= 15 is 0 Å². The number of anilines is 1. The topological polar surface area (TPSA) is 49.3 Å². The molecule has 0 aliphatic heterocycles. The lowest BCUT2D eigenvalue weighted by molar-refractivity contribution is -0.116. The highest BCUT2D eigenvalue weighted by molar-refractivity contribution is 6.30. The Hall–Kier alpha value is -1.50. The van der Waals surface area contributed by atoms with Crippen molar-refractivity contribution in [1.82, 2.24) is 0 Å². The number of benzene rings is 1. The molecule has 1 aromatic carbocycles. The minimum atomic E-state index is 0.0232. The molecule has 1 fully saturated rings. The molecule has 1 aliphatic rings. The molecule has 19 heavy (non-hydrogen) atoms. The van der Waals surface area contributed by atoms with Crippen molar-refractivity contribution >= 4 is 23.2 Å². The number of hydrogen-bond acceptors (Lipinski definition) is 2. The first kappa shape index (κ1) is 13.9. The van der Waals surface area contributed by atoms with Crippen LogP contribution in [-0.2, 0) is 4.79 Å². The van der Waals surface area contributed by atoms with E-state index in [0.717, 1.165) is 12.8 Å². The van der Waals surface area contributed by atoms with Gasteiger partial charge < -0.3 is 10.4 Å². The lowest BCUT2D eigenvalue weighted by atomic mass is 10.1. The molecule has 0 spiro atoms. The van der Waals surface area contributed by atoms with Crippen LogP contribution >= 0.6 is 11.6 Å². The smallest absolute Gasteiger partial charge is 0.224 e. The average Bonchev–Trinajstić information content (AvgIpc) is 3.16. The second-order valence-electron chi connectivity index (χ2n) is 4.66. The van der Waals surface area contributed by atoms with Crippen molar-refractivity contribution in [2.45, 2.75) is 25.7 Å². The second-order valence-corrected chi connectivity index (χ2v) is 5.10. The van der Waals surface area contributed by atoms with Crippen LogP contribution in [0.1, 0.15) is 31.2 Å². The number of hydrogen-bond donors (Lipinski definition) is 2. The van der Waals surface area contributed by atoms with Gasteiger partial charge in [0.15, 0.2) is 0 Å². The number of nitrogens with one attached hydrogen (secondary N) is 1. The van der Waals surface area contributed by atoms with Gasteiger partial charge in [0, 0.05) is 23.4 Å². The first-order valence-corrected chi connectivity index (χ1v) is 6.76. The van der Waals surface area contributed by atoms with Gasteiger partial charge in [-0.25, -0.2) is 0 Å². The summed E-state index contributed by atoms with van der Waals surface area (Å²) >= 11 is 5.93. The van der Waals surface area contributed by atoms with Gasteiger partial charge in [-0.2, -0.15) is 0 Å². The van der Waals surface area contributed by atoms with Gasteiger partial charge in [0.05, 0.1) is 12.3 Å². The largest absolute Gasteiger partial charge is 0.395 e. The van der Waals surface area contributed by atoms with Gasteiger partial charge in [-0.15, -0.1) is 0 Å². The molecule has 0 saturated heterocycles. The quantitative estimate of drug-likeness (QED) is 0.832. The van der Waals surface area contributed by atoms with Crippen molar-refractivity contribution in [3.05, 3.63) is 28.8 Å². The van der Waals surface area contributed by atoms with E-state index in [-0.39, 0.29) is 12.5 Å². The Bertz CT molecular complexity index is 527. The molecule has 0 radical (unpaired) electrons. The van der Waals surface area contributed by atoms with Crippen molar-refractivity contribution in [2.24, 2.45) is 5.92 Å². The Labute approximate surface area is 118 Å². The molecule has 100 valence electrons. The summed E-state index contributed by atoms with van der Waals surface area (Å²) in [6, 6.07) is 5.21. The molecule has 4 heteroatoms. The number of halogens is 1. The fourth-order valence-corrected chi connectivity index (χ4v) is 1.90. The maximum Gasteiger partial charge on any atom is 0.224 e. The molecule has 1 aliphatic carbocycles. The van der Waals surface area contributed by atoms with Crippen LogP contribution in [0.5, 0.6) is 0 Å². The zero-order chi connectivity index (χ0) is 13.7. The molecule has 2 rings (SSSR count). The van der Waals surface area contributed by atoms with Crippen molar-refractivity contribution < 1.29 is 9.90 Å². The summed E-state index contributed by atoms with van der Waals surface area (Å²) in [5.74, 6) is 6.33. The number of carbonyl (C=O) groups excluding carboxylic acids is 1. The third-order valence-electron chi connectivity index (χ3n) is 2.89. The highest BCUT2D eigenvalue weighted by atomic mass is 35.5. The molecule has 1 amide bonds. The van der Waals surface area contributed by atoms with Crippen molar-refractivity contribution in [2.75, 3.05) is 11.9 Å². The zero-order valence-corrected chi connectivity index (χ0v) is 11.3. The zero-order valence-electron chi connectivity index (χ0n) is 10.6. The van der Waals surface area contributed by atoms with E-state index in [1.165, 1.54) is 0 Å².